The maximum absolute atomic E-state index is 9.03. The molecule has 3 rings (SSSR count). The smallest absolute Gasteiger partial charge is 0.178 e. The lowest BCUT2D eigenvalue weighted by molar-refractivity contribution is 0.386. The van der Waals surface area contributed by atoms with Gasteiger partial charge in [-0.05, 0) is 31.2 Å². The highest BCUT2D eigenvalue weighted by molar-refractivity contribution is 7.45. The van der Waals surface area contributed by atoms with E-state index in [-0.39, 0.29) is 0 Å². The Kier molecular flexibility index (Phi) is 5.43. The third-order valence-electron chi connectivity index (χ3n) is 4.12. The van der Waals surface area contributed by atoms with E-state index in [0.29, 0.717) is 17.9 Å². The molecule has 0 unspecified atom stereocenters. The van der Waals surface area contributed by atoms with Gasteiger partial charge in [-0.3, -0.25) is 0 Å². The molecular formula is C15H20N5O2P. The molecule has 2 aromatic heterocycles. The summed E-state index contributed by atoms with van der Waals surface area (Å²) in [5.74, 6) is 2.06. The van der Waals surface area contributed by atoms with Crippen LogP contribution in [0.15, 0.2) is 30.9 Å². The Morgan fingerprint density at radius 2 is 1.83 bits per heavy atom. The van der Waals surface area contributed by atoms with Crippen LogP contribution < -0.4 is 4.90 Å². The van der Waals surface area contributed by atoms with Crippen LogP contribution in [-0.4, -0.2) is 49.0 Å². The second-order valence-electron chi connectivity index (χ2n) is 5.65. The molecule has 122 valence electrons. The van der Waals surface area contributed by atoms with Gasteiger partial charge in [0.1, 0.15) is 17.8 Å². The number of rotatable bonds is 5. The van der Waals surface area contributed by atoms with Crippen molar-refractivity contribution in [2.45, 2.75) is 19.3 Å². The SMILES string of the molecule is OP(O)CCC1CCN(c2cc(-c3ncccn3)ncn2)CC1. The van der Waals surface area contributed by atoms with Crippen molar-refractivity contribution in [1.29, 1.82) is 0 Å². The summed E-state index contributed by atoms with van der Waals surface area (Å²) < 4.78 is 0. The Morgan fingerprint density at radius 3 is 2.52 bits per heavy atom. The maximum atomic E-state index is 9.03. The summed E-state index contributed by atoms with van der Waals surface area (Å²) in [6.45, 7) is 1.84. The molecule has 7 nitrogen and oxygen atoms in total. The fraction of sp³-hybridized carbons (Fsp3) is 0.467. The van der Waals surface area contributed by atoms with Crippen molar-refractivity contribution in [3.05, 3.63) is 30.9 Å². The van der Waals surface area contributed by atoms with Gasteiger partial charge in [-0.1, -0.05) is 0 Å². The normalized spacial score (nSPS) is 16.0. The average molecular weight is 333 g/mol. The molecular weight excluding hydrogens is 313 g/mol. The molecule has 0 amide bonds. The van der Waals surface area contributed by atoms with Gasteiger partial charge >= 0.3 is 0 Å². The molecule has 1 aliphatic heterocycles. The molecule has 0 spiro atoms. The molecule has 1 aliphatic rings. The van der Waals surface area contributed by atoms with Crippen LogP contribution in [0.3, 0.4) is 0 Å². The average Bonchev–Trinajstić information content (AvgIpc) is 2.61. The molecule has 0 atom stereocenters. The van der Waals surface area contributed by atoms with E-state index in [0.717, 1.165) is 43.9 Å². The van der Waals surface area contributed by atoms with Crippen LogP contribution in [0.1, 0.15) is 19.3 Å². The summed E-state index contributed by atoms with van der Waals surface area (Å²) in [4.78, 5) is 37.4. The second kappa shape index (κ2) is 7.73. The third kappa shape index (κ3) is 4.41. The summed E-state index contributed by atoms with van der Waals surface area (Å²) in [5.41, 5.74) is 0.726. The Hall–Kier alpha value is -1.69. The second-order valence-corrected chi connectivity index (χ2v) is 6.84. The summed E-state index contributed by atoms with van der Waals surface area (Å²) >= 11 is 0. The highest BCUT2D eigenvalue weighted by atomic mass is 31.2. The van der Waals surface area contributed by atoms with Crippen molar-refractivity contribution in [2.24, 2.45) is 5.92 Å². The first kappa shape index (κ1) is 16.2. The lowest BCUT2D eigenvalue weighted by Gasteiger charge is -2.32. The molecule has 2 aromatic rings. The number of piperidine rings is 1. The molecule has 0 bridgehead atoms. The van der Waals surface area contributed by atoms with E-state index in [1.54, 1.807) is 24.8 Å². The quantitative estimate of drug-likeness (QED) is 0.806. The minimum atomic E-state index is -1.76. The molecule has 8 heteroatoms. The van der Waals surface area contributed by atoms with E-state index in [1.807, 2.05) is 6.07 Å². The Morgan fingerprint density at radius 1 is 1.09 bits per heavy atom. The standard InChI is InChI=1S/C15H20N5O2P/c21-23(22)9-4-12-2-7-20(8-3-12)14-10-13(18-11-19-14)15-16-5-1-6-17-15/h1,5-6,10-12,21-22H,2-4,7-9H2. The summed E-state index contributed by atoms with van der Waals surface area (Å²) in [6, 6.07) is 3.71. The highest BCUT2D eigenvalue weighted by Gasteiger charge is 2.21. The summed E-state index contributed by atoms with van der Waals surface area (Å²) in [7, 11) is -1.76. The summed E-state index contributed by atoms with van der Waals surface area (Å²) in [6.07, 6.45) is 8.45. The van der Waals surface area contributed by atoms with Crippen LogP contribution >= 0.6 is 8.38 Å². The molecule has 3 heterocycles. The van der Waals surface area contributed by atoms with E-state index in [9.17, 15) is 0 Å². The zero-order valence-corrected chi connectivity index (χ0v) is 13.7. The van der Waals surface area contributed by atoms with E-state index < -0.39 is 8.38 Å². The topological polar surface area (TPSA) is 95.3 Å². The number of anilines is 1. The van der Waals surface area contributed by atoms with Gasteiger partial charge in [0.15, 0.2) is 14.2 Å². The Balaban J connectivity index is 1.63. The van der Waals surface area contributed by atoms with E-state index in [1.165, 1.54) is 0 Å². The molecule has 0 aliphatic carbocycles. The van der Waals surface area contributed by atoms with Crippen LogP contribution in [0.25, 0.3) is 11.5 Å². The maximum Gasteiger partial charge on any atom is 0.178 e. The fourth-order valence-corrected chi connectivity index (χ4v) is 3.42. The zero-order valence-electron chi connectivity index (χ0n) is 12.8. The monoisotopic (exact) mass is 333 g/mol. The molecule has 0 radical (unpaired) electrons. The number of hydrogen-bond acceptors (Lipinski definition) is 7. The zero-order chi connectivity index (χ0) is 16.1. The van der Waals surface area contributed by atoms with Gasteiger partial charge in [-0.2, -0.15) is 0 Å². The molecule has 1 saturated heterocycles. The first-order valence-corrected chi connectivity index (χ1v) is 9.15. The number of aromatic nitrogens is 4. The minimum absolute atomic E-state index is 0.517. The van der Waals surface area contributed by atoms with Crippen molar-refractivity contribution in [1.82, 2.24) is 19.9 Å². The van der Waals surface area contributed by atoms with Crippen molar-refractivity contribution in [2.75, 3.05) is 24.2 Å². The largest absolute Gasteiger partial charge is 0.356 e. The Labute approximate surface area is 136 Å². The first-order valence-electron chi connectivity index (χ1n) is 7.72. The van der Waals surface area contributed by atoms with Crippen molar-refractivity contribution >= 4 is 14.2 Å². The van der Waals surface area contributed by atoms with Crippen LogP contribution in [0, 0.1) is 5.92 Å². The van der Waals surface area contributed by atoms with Crippen LogP contribution in [0.2, 0.25) is 0 Å². The van der Waals surface area contributed by atoms with Crippen LogP contribution in [-0.2, 0) is 0 Å². The fourth-order valence-electron chi connectivity index (χ4n) is 2.82. The van der Waals surface area contributed by atoms with Crippen molar-refractivity contribution in [3.63, 3.8) is 0 Å². The van der Waals surface area contributed by atoms with Gasteiger partial charge in [0.2, 0.25) is 0 Å². The molecule has 2 N–H and O–H groups in total. The molecule has 23 heavy (non-hydrogen) atoms. The number of nitrogens with zero attached hydrogens (tertiary/aromatic N) is 5. The molecule has 0 aromatic carbocycles. The number of hydrogen-bond donors (Lipinski definition) is 2. The van der Waals surface area contributed by atoms with Gasteiger partial charge < -0.3 is 14.7 Å². The van der Waals surface area contributed by atoms with E-state index in [4.69, 9.17) is 9.79 Å². The van der Waals surface area contributed by atoms with Gasteiger partial charge in [-0.15, -0.1) is 0 Å². The lowest BCUT2D eigenvalue weighted by atomic mass is 9.94. The van der Waals surface area contributed by atoms with Crippen molar-refractivity contribution in [3.8, 4) is 11.5 Å². The minimum Gasteiger partial charge on any atom is -0.356 e. The van der Waals surface area contributed by atoms with E-state index in [2.05, 4.69) is 24.8 Å². The van der Waals surface area contributed by atoms with Gasteiger partial charge in [-0.25, -0.2) is 19.9 Å². The van der Waals surface area contributed by atoms with Gasteiger partial charge in [0.05, 0.1) is 0 Å². The van der Waals surface area contributed by atoms with Crippen molar-refractivity contribution < 1.29 is 9.79 Å². The first-order chi connectivity index (χ1) is 11.2. The van der Waals surface area contributed by atoms with Crippen LogP contribution in [0.4, 0.5) is 5.82 Å². The predicted molar refractivity (Wildman–Crippen MR) is 88.8 cm³/mol. The third-order valence-corrected chi connectivity index (χ3v) is 4.78. The molecule has 1 fully saturated rings. The molecule has 0 saturated carbocycles. The van der Waals surface area contributed by atoms with Gasteiger partial charge in [0.25, 0.3) is 0 Å². The predicted octanol–water partition coefficient (Wildman–Crippen LogP) is 1.84. The highest BCUT2D eigenvalue weighted by Crippen LogP contribution is 2.30. The lowest BCUT2D eigenvalue weighted by Crippen LogP contribution is -2.34. The summed E-state index contributed by atoms with van der Waals surface area (Å²) in [5, 5.41) is 0. The van der Waals surface area contributed by atoms with Gasteiger partial charge in [0, 0.05) is 37.7 Å². The van der Waals surface area contributed by atoms with E-state index >= 15 is 0 Å². The van der Waals surface area contributed by atoms with Crippen LogP contribution in [0.5, 0.6) is 0 Å². The Bertz CT molecular complexity index is 620.